The predicted molar refractivity (Wildman–Crippen MR) is 73.9 cm³/mol. The number of pyridine rings is 1. The molecule has 112 valence electrons. The van der Waals surface area contributed by atoms with Gasteiger partial charge in [-0.3, -0.25) is 4.98 Å². The molecule has 0 atom stereocenters. The molecule has 1 heterocycles. The van der Waals surface area contributed by atoms with Crippen molar-refractivity contribution >= 4 is 22.6 Å². The quantitative estimate of drug-likeness (QED) is 0.859. The Morgan fingerprint density at radius 2 is 2.19 bits per heavy atom. The molecule has 2 rings (SSSR count). The topological polar surface area (TPSA) is 60.5 Å². The molecule has 21 heavy (non-hydrogen) atoms. The lowest BCUT2D eigenvalue weighted by atomic mass is 10.1. The third kappa shape index (κ3) is 3.01. The molecule has 1 aromatic heterocycles. The molecule has 0 aliphatic rings. The second-order valence-electron chi connectivity index (χ2n) is 4.05. The van der Waals surface area contributed by atoms with Crippen LogP contribution in [-0.2, 0) is 4.74 Å². The molecular formula is C14H14F2N2O3. The van der Waals surface area contributed by atoms with Gasteiger partial charge in [0, 0.05) is 18.6 Å². The van der Waals surface area contributed by atoms with Crippen molar-refractivity contribution < 1.29 is 23.0 Å². The van der Waals surface area contributed by atoms with Crippen molar-refractivity contribution in [2.24, 2.45) is 0 Å². The van der Waals surface area contributed by atoms with E-state index >= 15 is 0 Å². The Bertz CT molecular complexity index is 662. The maximum atomic E-state index is 12.4. The summed E-state index contributed by atoms with van der Waals surface area (Å²) in [7, 11) is 1.62. The molecule has 0 spiro atoms. The number of para-hydroxylation sites is 1. The number of rotatable bonds is 5. The van der Waals surface area contributed by atoms with Crippen molar-refractivity contribution in [3.63, 3.8) is 0 Å². The maximum absolute atomic E-state index is 12.4. The molecule has 5 nitrogen and oxygen atoms in total. The first-order valence-electron chi connectivity index (χ1n) is 6.29. The zero-order valence-corrected chi connectivity index (χ0v) is 11.5. The molecule has 1 N–H and O–H groups in total. The van der Waals surface area contributed by atoms with E-state index in [9.17, 15) is 13.6 Å². The van der Waals surface area contributed by atoms with Gasteiger partial charge in [0.05, 0.1) is 12.3 Å². The summed E-state index contributed by atoms with van der Waals surface area (Å²) in [4.78, 5) is 15.9. The molecular weight excluding hydrogens is 282 g/mol. The Morgan fingerprint density at radius 3 is 2.81 bits per heavy atom. The molecule has 0 amide bonds. The van der Waals surface area contributed by atoms with Crippen LogP contribution in [-0.4, -0.2) is 31.2 Å². The van der Waals surface area contributed by atoms with Gasteiger partial charge < -0.3 is 14.8 Å². The number of carbonyl (C=O) groups is 1. The van der Waals surface area contributed by atoms with E-state index in [1.54, 1.807) is 26.1 Å². The molecule has 0 aliphatic carbocycles. The average molecular weight is 296 g/mol. The number of esters is 1. The fourth-order valence-corrected chi connectivity index (χ4v) is 2.02. The minimum absolute atomic E-state index is 0.0468. The van der Waals surface area contributed by atoms with Crippen molar-refractivity contribution in [1.82, 2.24) is 4.98 Å². The predicted octanol–water partition coefficient (Wildman–Crippen LogP) is 3.05. The lowest BCUT2D eigenvalue weighted by Gasteiger charge is -2.13. The Hall–Kier alpha value is -2.44. The first-order chi connectivity index (χ1) is 10.1. The number of nitrogens with one attached hydrogen (secondary N) is 1. The number of benzene rings is 1. The number of nitrogens with zero attached hydrogens (tertiary/aromatic N) is 1. The van der Waals surface area contributed by atoms with E-state index in [-0.39, 0.29) is 23.4 Å². The van der Waals surface area contributed by atoms with Crippen molar-refractivity contribution in [1.29, 1.82) is 0 Å². The monoisotopic (exact) mass is 296 g/mol. The van der Waals surface area contributed by atoms with Gasteiger partial charge >= 0.3 is 12.6 Å². The van der Waals surface area contributed by atoms with Crippen LogP contribution in [0.15, 0.2) is 24.4 Å². The largest absolute Gasteiger partial charge is 0.462 e. The fourth-order valence-electron chi connectivity index (χ4n) is 2.02. The zero-order chi connectivity index (χ0) is 15.4. The third-order valence-corrected chi connectivity index (χ3v) is 2.82. The standard InChI is InChI=1S/C14H14F2N2O3/c1-3-20-13(19)9-7-18-12-8(11(9)17-2)5-4-6-10(12)21-14(15)16/h4-7,14H,3H2,1-2H3,(H,17,18). The second-order valence-corrected chi connectivity index (χ2v) is 4.05. The van der Waals surface area contributed by atoms with Crippen LogP contribution in [0.1, 0.15) is 17.3 Å². The Labute approximate surface area is 119 Å². The molecule has 0 radical (unpaired) electrons. The number of hydrogen-bond donors (Lipinski definition) is 1. The maximum Gasteiger partial charge on any atom is 0.387 e. The highest BCUT2D eigenvalue weighted by Crippen LogP contribution is 2.32. The minimum Gasteiger partial charge on any atom is -0.462 e. The van der Waals surface area contributed by atoms with E-state index in [1.165, 1.54) is 12.3 Å². The molecule has 0 unspecified atom stereocenters. The summed E-state index contributed by atoms with van der Waals surface area (Å²) in [5, 5.41) is 3.38. The molecule has 1 aromatic carbocycles. The molecule has 0 saturated heterocycles. The SMILES string of the molecule is CCOC(=O)c1cnc2c(OC(F)F)cccc2c1NC. The van der Waals surface area contributed by atoms with Gasteiger partial charge in [0.25, 0.3) is 0 Å². The van der Waals surface area contributed by atoms with Crippen LogP contribution >= 0.6 is 0 Å². The normalized spacial score (nSPS) is 10.7. The van der Waals surface area contributed by atoms with Gasteiger partial charge in [0.1, 0.15) is 11.1 Å². The number of fused-ring (bicyclic) bond motifs is 1. The van der Waals surface area contributed by atoms with Gasteiger partial charge in [-0.15, -0.1) is 0 Å². The Kier molecular flexibility index (Phi) is 4.52. The summed E-state index contributed by atoms with van der Waals surface area (Å²) in [6.07, 6.45) is 1.28. The van der Waals surface area contributed by atoms with Gasteiger partial charge in [0.2, 0.25) is 0 Å². The molecule has 0 aliphatic heterocycles. The van der Waals surface area contributed by atoms with E-state index in [0.717, 1.165) is 0 Å². The average Bonchev–Trinajstić information content (AvgIpc) is 2.46. The zero-order valence-electron chi connectivity index (χ0n) is 11.5. The highest BCUT2D eigenvalue weighted by Gasteiger charge is 2.18. The number of aromatic nitrogens is 1. The summed E-state index contributed by atoms with van der Waals surface area (Å²) in [6, 6.07) is 4.61. The van der Waals surface area contributed by atoms with E-state index in [1.807, 2.05) is 0 Å². The molecule has 7 heteroatoms. The van der Waals surface area contributed by atoms with Gasteiger partial charge in [-0.2, -0.15) is 8.78 Å². The van der Waals surface area contributed by atoms with Crippen molar-refractivity contribution in [2.45, 2.75) is 13.5 Å². The highest BCUT2D eigenvalue weighted by molar-refractivity contribution is 6.06. The lowest BCUT2D eigenvalue weighted by Crippen LogP contribution is -2.10. The van der Waals surface area contributed by atoms with Gasteiger partial charge in [-0.25, -0.2) is 4.79 Å². The van der Waals surface area contributed by atoms with E-state index in [4.69, 9.17) is 4.74 Å². The van der Waals surface area contributed by atoms with Crippen LogP contribution in [0.2, 0.25) is 0 Å². The Balaban J connectivity index is 2.60. The summed E-state index contributed by atoms with van der Waals surface area (Å²) in [6.45, 7) is -1.02. The first-order valence-corrected chi connectivity index (χ1v) is 6.29. The molecule has 2 aromatic rings. The number of alkyl halides is 2. The summed E-state index contributed by atoms with van der Waals surface area (Å²) in [5.74, 6) is -0.578. The number of anilines is 1. The van der Waals surface area contributed by atoms with Crippen LogP contribution in [0, 0.1) is 0 Å². The number of ether oxygens (including phenoxy) is 2. The van der Waals surface area contributed by atoms with Crippen LogP contribution in [0.5, 0.6) is 5.75 Å². The fraction of sp³-hybridized carbons (Fsp3) is 0.286. The van der Waals surface area contributed by atoms with Gasteiger partial charge in [-0.1, -0.05) is 12.1 Å². The smallest absolute Gasteiger partial charge is 0.387 e. The first kappa shape index (κ1) is 15.0. The van der Waals surface area contributed by atoms with Crippen LogP contribution in [0.4, 0.5) is 14.5 Å². The van der Waals surface area contributed by atoms with Crippen molar-refractivity contribution in [3.8, 4) is 5.75 Å². The Morgan fingerprint density at radius 1 is 1.43 bits per heavy atom. The number of hydrogen-bond acceptors (Lipinski definition) is 5. The van der Waals surface area contributed by atoms with Crippen LogP contribution in [0.3, 0.4) is 0 Å². The highest BCUT2D eigenvalue weighted by atomic mass is 19.3. The third-order valence-electron chi connectivity index (χ3n) is 2.82. The van der Waals surface area contributed by atoms with Crippen LogP contribution in [0.25, 0.3) is 10.9 Å². The van der Waals surface area contributed by atoms with E-state index in [2.05, 4.69) is 15.0 Å². The van der Waals surface area contributed by atoms with E-state index < -0.39 is 12.6 Å². The van der Waals surface area contributed by atoms with Gasteiger partial charge in [0.15, 0.2) is 5.75 Å². The van der Waals surface area contributed by atoms with Crippen LogP contribution < -0.4 is 10.1 Å². The summed E-state index contributed by atoms with van der Waals surface area (Å²) in [5.41, 5.74) is 0.939. The summed E-state index contributed by atoms with van der Waals surface area (Å²) >= 11 is 0. The number of halogens is 2. The van der Waals surface area contributed by atoms with Crippen molar-refractivity contribution in [3.05, 3.63) is 30.0 Å². The second kappa shape index (κ2) is 6.34. The van der Waals surface area contributed by atoms with Gasteiger partial charge in [-0.05, 0) is 13.0 Å². The van der Waals surface area contributed by atoms with Crippen molar-refractivity contribution in [2.75, 3.05) is 19.0 Å². The molecule has 0 fully saturated rings. The number of carbonyl (C=O) groups excluding carboxylic acids is 1. The molecule has 0 bridgehead atoms. The lowest BCUT2D eigenvalue weighted by molar-refractivity contribution is -0.0489. The summed E-state index contributed by atoms with van der Waals surface area (Å²) < 4.78 is 34.2. The molecule has 0 saturated carbocycles. The minimum atomic E-state index is -2.94. The van der Waals surface area contributed by atoms with E-state index in [0.29, 0.717) is 11.1 Å².